The third kappa shape index (κ3) is 2.93. The number of halogens is 2. The lowest BCUT2D eigenvalue weighted by Gasteiger charge is -2.07. The zero-order valence-electron chi connectivity index (χ0n) is 7.21. The number of hydrogen-bond donors (Lipinski definition) is 2. The van der Waals surface area contributed by atoms with Gasteiger partial charge in [-0.15, -0.1) is 0 Å². The van der Waals surface area contributed by atoms with Crippen molar-refractivity contribution >= 4 is 31.8 Å². The molecule has 7 heteroatoms. The van der Waals surface area contributed by atoms with Crippen molar-refractivity contribution in [3.63, 3.8) is 0 Å². The van der Waals surface area contributed by atoms with Crippen LogP contribution < -0.4 is 9.86 Å². The van der Waals surface area contributed by atoms with E-state index in [0.717, 1.165) is 6.07 Å². The standard InChI is InChI=1S/C7H8BrFN2O2S/c1-4-2-5(8)6(9)3-7(4)11-14(10,12)13/h2-3,11H,1H3,(H2,10,12,13). The Bertz CT molecular complexity index is 461. The largest absolute Gasteiger partial charge is 0.296 e. The second-order valence-corrected chi connectivity index (χ2v) is 4.88. The van der Waals surface area contributed by atoms with Gasteiger partial charge in [-0.25, -0.2) is 9.53 Å². The maximum absolute atomic E-state index is 13.0. The SMILES string of the molecule is Cc1cc(Br)c(F)cc1NS(N)(=O)=O. The molecule has 3 N–H and O–H groups in total. The first-order valence-electron chi connectivity index (χ1n) is 3.56. The maximum Gasteiger partial charge on any atom is 0.296 e. The van der Waals surface area contributed by atoms with Crippen LogP contribution in [0.4, 0.5) is 10.1 Å². The predicted octanol–water partition coefficient (Wildman–Crippen LogP) is 1.51. The molecular formula is C7H8BrFN2O2S. The summed E-state index contributed by atoms with van der Waals surface area (Å²) in [6.07, 6.45) is 0. The Morgan fingerprint density at radius 2 is 2.07 bits per heavy atom. The fourth-order valence-electron chi connectivity index (χ4n) is 0.910. The number of aryl methyl sites for hydroxylation is 1. The molecule has 0 saturated heterocycles. The van der Waals surface area contributed by atoms with Gasteiger partial charge in [-0.2, -0.15) is 8.42 Å². The monoisotopic (exact) mass is 282 g/mol. The first-order valence-corrected chi connectivity index (χ1v) is 5.90. The third-order valence-electron chi connectivity index (χ3n) is 1.52. The van der Waals surface area contributed by atoms with Crippen molar-refractivity contribution in [1.82, 2.24) is 0 Å². The van der Waals surface area contributed by atoms with E-state index in [9.17, 15) is 12.8 Å². The van der Waals surface area contributed by atoms with Crippen LogP contribution in [-0.2, 0) is 10.2 Å². The molecule has 1 aromatic rings. The van der Waals surface area contributed by atoms with Crippen LogP contribution in [0.5, 0.6) is 0 Å². The summed E-state index contributed by atoms with van der Waals surface area (Å²) >= 11 is 2.98. The zero-order chi connectivity index (χ0) is 10.9. The second kappa shape index (κ2) is 3.84. The molecule has 0 aliphatic rings. The summed E-state index contributed by atoms with van der Waals surface area (Å²) in [5, 5.41) is 4.75. The highest BCUT2D eigenvalue weighted by molar-refractivity contribution is 9.10. The molecule has 14 heavy (non-hydrogen) atoms. The Labute approximate surface area is 89.6 Å². The van der Waals surface area contributed by atoms with Crippen molar-refractivity contribution in [1.29, 1.82) is 0 Å². The molecule has 0 unspecified atom stereocenters. The highest BCUT2D eigenvalue weighted by Crippen LogP contribution is 2.24. The Hall–Kier alpha value is -0.660. The van der Waals surface area contributed by atoms with Crippen LogP contribution in [0.15, 0.2) is 16.6 Å². The lowest BCUT2D eigenvalue weighted by atomic mass is 10.2. The number of nitrogens with one attached hydrogen (secondary N) is 1. The van der Waals surface area contributed by atoms with Crippen molar-refractivity contribution in [2.24, 2.45) is 5.14 Å². The summed E-state index contributed by atoms with van der Waals surface area (Å²) in [5.74, 6) is -0.554. The Kier molecular flexibility index (Phi) is 3.13. The van der Waals surface area contributed by atoms with E-state index >= 15 is 0 Å². The molecule has 1 rings (SSSR count). The maximum atomic E-state index is 13.0. The van der Waals surface area contributed by atoms with Crippen molar-refractivity contribution in [2.45, 2.75) is 6.92 Å². The van der Waals surface area contributed by atoms with E-state index in [1.54, 1.807) is 6.92 Å². The number of nitrogens with two attached hydrogens (primary N) is 1. The van der Waals surface area contributed by atoms with E-state index in [1.807, 2.05) is 4.72 Å². The van der Waals surface area contributed by atoms with Gasteiger partial charge in [-0.1, -0.05) is 0 Å². The van der Waals surface area contributed by atoms with Crippen molar-refractivity contribution in [3.8, 4) is 0 Å². The van der Waals surface area contributed by atoms with Gasteiger partial charge in [0.15, 0.2) is 0 Å². The number of hydrogen-bond acceptors (Lipinski definition) is 2. The molecule has 0 aliphatic heterocycles. The Balaban J connectivity index is 3.17. The highest BCUT2D eigenvalue weighted by Gasteiger charge is 2.08. The van der Waals surface area contributed by atoms with Gasteiger partial charge in [0.2, 0.25) is 0 Å². The van der Waals surface area contributed by atoms with Crippen LogP contribution in [0.1, 0.15) is 5.56 Å². The van der Waals surface area contributed by atoms with E-state index < -0.39 is 16.0 Å². The molecular weight excluding hydrogens is 275 g/mol. The number of benzene rings is 1. The molecule has 78 valence electrons. The molecule has 0 radical (unpaired) electrons. The predicted molar refractivity (Wildman–Crippen MR) is 55.6 cm³/mol. The summed E-state index contributed by atoms with van der Waals surface area (Å²) < 4.78 is 36.7. The molecule has 0 atom stereocenters. The van der Waals surface area contributed by atoms with Gasteiger partial charge in [0.25, 0.3) is 10.2 Å². The molecule has 4 nitrogen and oxygen atoms in total. The normalized spacial score (nSPS) is 11.4. The van der Waals surface area contributed by atoms with Gasteiger partial charge in [-0.05, 0) is 40.5 Å². The fourth-order valence-corrected chi connectivity index (χ4v) is 1.89. The van der Waals surface area contributed by atoms with Crippen molar-refractivity contribution < 1.29 is 12.8 Å². The smallest absolute Gasteiger partial charge is 0.271 e. The number of rotatable bonds is 2. The minimum Gasteiger partial charge on any atom is -0.271 e. The van der Waals surface area contributed by atoms with Crippen molar-refractivity contribution in [2.75, 3.05) is 4.72 Å². The lowest BCUT2D eigenvalue weighted by molar-refractivity contribution is 0.602. The van der Waals surface area contributed by atoms with Gasteiger partial charge in [0, 0.05) is 0 Å². The Morgan fingerprint density at radius 1 is 1.50 bits per heavy atom. The topological polar surface area (TPSA) is 72.2 Å². The van der Waals surface area contributed by atoms with Gasteiger partial charge >= 0.3 is 0 Å². The van der Waals surface area contributed by atoms with E-state index in [2.05, 4.69) is 15.9 Å². The molecule has 0 bridgehead atoms. The summed E-state index contributed by atoms with van der Waals surface area (Å²) in [4.78, 5) is 0. The van der Waals surface area contributed by atoms with Gasteiger partial charge in [-0.3, -0.25) is 4.72 Å². The third-order valence-corrected chi connectivity index (χ3v) is 2.63. The van der Waals surface area contributed by atoms with Crippen LogP contribution in [0, 0.1) is 12.7 Å². The van der Waals surface area contributed by atoms with Crippen LogP contribution in [0.25, 0.3) is 0 Å². The van der Waals surface area contributed by atoms with Crippen LogP contribution in [0.3, 0.4) is 0 Å². The minimum absolute atomic E-state index is 0.133. The molecule has 1 aromatic carbocycles. The lowest BCUT2D eigenvalue weighted by Crippen LogP contribution is -2.22. The van der Waals surface area contributed by atoms with Gasteiger partial charge in [0.1, 0.15) is 5.82 Å². The van der Waals surface area contributed by atoms with E-state index in [4.69, 9.17) is 5.14 Å². The first kappa shape index (κ1) is 11.4. The summed E-state index contributed by atoms with van der Waals surface area (Å²) in [7, 11) is -3.86. The molecule has 0 aromatic heterocycles. The molecule has 0 aliphatic carbocycles. The fraction of sp³-hybridized carbons (Fsp3) is 0.143. The highest BCUT2D eigenvalue weighted by atomic mass is 79.9. The van der Waals surface area contributed by atoms with Gasteiger partial charge in [0.05, 0.1) is 10.2 Å². The Morgan fingerprint density at radius 3 is 2.57 bits per heavy atom. The molecule has 0 spiro atoms. The van der Waals surface area contributed by atoms with Crippen LogP contribution in [-0.4, -0.2) is 8.42 Å². The van der Waals surface area contributed by atoms with E-state index in [1.165, 1.54) is 6.07 Å². The average molecular weight is 283 g/mol. The summed E-state index contributed by atoms with van der Waals surface area (Å²) in [6, 6.07) is 2.52. The molecule has 0 fully saturated rings. The zero-order valence-corrected chi connectivity index (χ0v) is 9.62. The average Bonchev–Trinajstić information content (AvgIpc) is 1.97. The molecule has 0 heterocycles. The summed E-state index contributed by atoms with van der Waals surface area (Å²) in [5.41, 5.74) is 0.709. The molecule has 0 saturated carbocycles. The first-order chi connectivity index (χ1) is 6.29. The number of anilines is 1. The van der Waals surface area contributed by atoms with Crippen molar-refractivity contribution in [3.05, 3.63) is 28.0 Å². The minimum atomic E-state index is -3.86. The van der Waals surface area contributed by atoms with E-state index in [-0.39, 0.29) is 10.2 Å². The van der Waals surface area contributed by atoms with E-state index in [0.29, 0.717) is 5.56 Å². The quantitative estimate of drug-likeness (QED) is 0.863. The van der Waals surface area contributed by atoms with Crippen LogP contribution >= 0.6 is 15.9 Å². The molecule has 0 amide bonds. The van der Waals surface area contributed by atoms with Gasteiger partial charge < -0.3 is 0 Å². The second-order valence-electron chi connectivity index (χ2n) is 2.73. The summed E-state index contributed by atoms with van der Waals surface area (Å²) in [6.45, 7) is 1.64. The van der Waals surface area contributed by atoms with Crippen LogP contribution in [0.2, 0.25) is 0 Å².